The highest BCUT2D eigenvalue weighted by Gasteiger charge is 2.10. The van der Waals surface area contributed by atoms with Crippen molar-refractivity contribution in [3.05, 3.63) is 35.4 Å². The van der Waals surface area contributed by atoms with Gasteiger partial charge in [-0.1, -0.05) is 42.3 Å². The van der Waals surface area contributed by atoms with E-state index in [-0.39, 0.29) is 0 Å². The first kappa shape index (κ1) is 13.2. The molecule has 1 heterocycles. The van der Waals surface area contributed by atoms with E-state index < -0.39 is 0 Å². The molecular formula is C15H25N. The zero-order valence-electron chi connectivity index (χ0n) is 11.2. The molecular weight excluding hydrogens is 194 g/mol. The summed E-state index contributed by atoms with van der Waals surface area (Å²) in [5, 5.41) is 0. The fourth-order valence-electron chi connectivity index (χ4n) is 1.77. The highest BCUT2D eigenvalue weighted by Crippen LogP contribution is 2.13. The Morgan fingerprint density at radius 1 is 0.938 bits per heavy atom. The van der Waals surface area contributed by atoms with Gasteiger partial charge in [-0.25, -0.2) is 0 Å². The summed E-state index contributed by atoms with van der Waals surface area (Å²) in [6.07, 6.45) is 2.80. The Morgan fingerprint density at radius 2 is 1.31 bits per heavy atom. The Bertz CT molecular complexity index is 250. The Balaban J connectivity index is 0.000000160. The van der Waals surface area contributed by atoms with Crippen LogP contribution in [0.2, 0.25) is 0 Å². The number of hydrogen-bond acceptors (Lipinski definition) is 1. The van der Waals surface area contributed by atoms with Gasteiger partial charge in [-0.05, 0) is 52.7 Å². The molecule has 1 aromatic rings. The van der Waals surface area contributed by atoms with E-state index in [4.69, 9.17) is 0 Å². The summed E-state index contributed by atoms with van der Waals surface area (Å²) < 4.78 is 0. The average molecular weight is 219 g/mol. The molecule has 16 heavy (non-hydrogen) atoms. The SMILES string of the molecule is CC1CCN(C)CC1.Cc1ccc(C)cc1. The Labute approximate surface area is 100 Å². The first-order chi connectivity index (χ1) is 7.58. The quantitative estimate of drug-likeness (QED) is 0.644. The van der Waals surface area contributed by atoms with Gasteiger partial charge in [0.05, 0.1) is 0 Å². The number of likely N-dealkylation sites (tertiary alicyclic amines) is 1. The van der Waals surface area contributed by atoms with E-state index in [9.17, 15) is 0 Å². The van der Waals surface area contributed by atoms with Crippen LogP contribution in [0.5, 0.6) is 0 Å². The van der Waals surface area contributed by atoms with E-state index in [1.807, 2.05) is 0 Å². The van der Waals surface area contributed by atoms with Crippen LogP contribution >= 0.6 is 0 Å². The minimum absolute atomic E-state index is 0.978. The van der Waals surface area contributed by atoms with Gasteiger partial charge < -0.3 is 4.90 Å². The normalized spacial score (nSPS) is 17.8. The maximum Gasteiger partial charge on any atom is -0.00192 e. The molecule has 0 aliphatic carbocycles. The van der Waals surface area contributed by atoms with Crippen molar-refractivity contribution in [1.29, 1.82) is 0 Å². The molecule has 0 amide bonds. The lowest BCUT2D eigenvalue weighted by molar-refractivity contribution is 0.230. The molecule has 2 rings (SSSR count). The van der Waals surface area contributed by atoms with Gasteiger partial charge in [0, 0.05) is 0 Å². The van der Waals surface area contributed by atoms with Gasteiger partial charge in [0.15, 0.2) is 0 Å². The average Bonchev–Trinajstić information content (AvgIpc) is 2.28. The molecule has 1 aromatic carbocycles. The molecule has 0 N–H and O–H groups in total. The van der Waals surface area contributed by atoms with Crippen LogP contribution in [0.4, 0.5) is 0 Å². The molecule has 0 radical (unpaired) electrons. The van der Waals surface area contributed by atoms with Crippen molar-refractivity contribution in [2.75, 3.05) is 20.1 Å². The molecule has 1 aliphatic heterocycles. The van der Waals surface area contributed by atoms with Gasteiger partial charge in [-0.3, -0.25) is 0 Å². The number of benzene rings is 1. The number of hydrogen-bond donors (Lipinski definition) is 0. The second-order valence-electron chi connectivity index (χ2n) is 5.14. The molecule has 0 unspecified atom stereocenters. The van der Waals surface area contributed by atoms with Gasteiger partial charge in [-0.2, -0.15) is 0 Å². The maximum atomic E-state index is 2.40. The van der Waals surface area contributed by atoms with Crippen LogP contribution in [0.15, 0.2) is 24.3 Å². The third kappa shape index (κ3) is 5.32. The number of rotatable bonds is 0. The highest BCUT2D eigenvalue weighted by molar-refractivity contribution is 5.19. The first-order valence-corrected chi connectivity index (χ1v) is 6.29. The van der Waals surface area contributed by atoms with Crippen LogP contribution in [0, 0.1) is 19.8 Å². The lowest BCUT2D eigenvalue weighted by Crippen LogP contribution is -2.28. The fourth-order valence-corrected chi connectivity index (χ4v) is 1.77. The third-order valence-electron chi connectivity index (χ3n) is 3.23. The zero-order chi connectivity index (χ0) is 12.0. The van der Waals surface area contributed by atoms with Gasteiger partial charge in [0.1, 0.15) is 0 Å². The van der Waals surface area contributed by atoms with E-state index in [2.05, 4.69) is 57.0 Å². The Kier molecular flexibility index (Phi) is 5.54. The van der Waals surface area contributed by atoms with Crippen molar-refractivity contribution in [1.82, 2.24) is 4.90 Å². The van der Waals surface area contributed by atoms with Gasteiger partial charge in [0.25, 0.3) is 0 Å². The van der Waals surface area contributed by atoms with Crippen molar-refractivity contribution in [2.45, 2.75) is 33.6 Å². The van der Waals surface area contributed by atoms with Gasteiger partial charge in [-0.15, -0.1) is 0 Å². The van der Waals surface area contributed by atoms with E-state index in [0.29, 0.717) is 0 Å². The summed E-state index contributed by atoms with van der Waals surface area (Å²) in [6.45, 7) is 9.15. The minimum atomic E-state index is 0.978. The molecule has 0 saturated carbocycles. The number of piperidine rings is 1. The van der Waals surface area contributed by atoms with Crippen molar-refractivity contribution >= 4 is 0 Å². The van der Waals surface area contributed by atoms with Crippen molar-refractivity contribution in [2.24, 2.45) is 5.92 Å². The van der Waals surface area contributed by atoms with E-state index in [1.165, 1.54) is 37.1 Å². The van der Waals surface area contributed by atoms with Crippen LogP contribution in [-0.2, 0) is 0 Å². The smallest absolute Gasteiger partial charge is 0.00192 e. The maximum absolute atomic E-state index is 2.40. The summed E-state index contributed by atoms with van der Waals surface area (Å²) in [4.78, 5) is 2.40. The predicted molar refractivity (Wildman–Crippen MR) is 71.8 cm³/mol. The highest BCUT2D eigenvalue weighted by atomic mass is 15.1. The topological polar surface area (TPSA) is 3.24 Å². The summed E-state index contributed by atoms with van der Waals surface area (Å²) in [7, 11) is 2.20. The molecule has 1 aliphatic rings. The molecule has 1 heteroatoms. The molecule has 90 valence electrons. The fraction of sp³-hybridized carbons (Fsp3) is 0.600. The van der Waals surface area contributed by atoms with Crippen molar-refractivity contribution in [3.63, 3.8) is 0 Å². The second kappa shape index (κ2) is 6.70. The molecule has 0 aromatic heterocycles. The summed E-state index contributed by atoms with van der Waals surface area (Å²) in [5.41, 5.74) is 2.66. The van der Waals surface area contributed by atoms with Gasteiger partial charge >= 0.3 is 0 Å². The minimum Gasteiger partial charge on any atom is -0.306 e. The first-order valence-electron chi connectivity index (χ1n) is 6.29. The van der Waals surface area contributed by atoms with Crippen LogP contribution in [0.3, 0.4) is 0 Å². The standard InChI is InChI=1S/C8H10.C7H15N/c2*1-7-3-5-8(2)6-4-7/h3-6H,1-2H3;7H,3-6H2,1-2H3. The largest absolute Gasteiger partial charge is 0.306 e. The summed E-state index contributed by atoms with van der Waals surface area (Å²) in [5.74, 6) is 0.978. The third-order valence-corrected chi connectivity index (χ3v) is 3.23. The van der Waals surface area contributed by atoms with E-state index in [1.54, 1.807) is 0 Å². The zero-order valence-corrected chi connectivity index (χ0v) is 11.2. The van der Waals surface area contributed by atoms with E-state index in [0.717, 1.165) is 5.92 Å². The lowest BCUT2D eigenvalue weighted by Gasteiger charge is -2.26. The molecule has 0 spiro atoms. The van der Waals surface area contributed by atoms with Crippen LogP contribution in [-0.4, -0.2) is 25.0 Å². The molecule has 1 nitrogen and oxygen atoms in total. The van der Waals surface area contributed by atoms with E-state index >= 15 is 0 Å². The van der Waals surface area contributed by atoms with Gasteiger partial charge in [0.2, 0.25) is 0 Å². The summed E-state index contributed by atoms with van der Waals surface area (Å²) >= 11 is 0. The van der Waals surface area contributed by atoms with Crippen LogP contribution in [0.25, 0.3) is 0 Å². The predicted octanol–water partition coefficient (Wildman–Crippen LogP) is 3.65. The number of aryl methyl sites for hydroxylation is 2. The number of nitrogens with zero attached hydrogens (tertiary/aromatic N) is 1. The van der Waals surface area contributed by atoms with Crippen LogP contribution < -0.4 is 0 Å². The molecule has 1 fully saturated rings. The Hall–Kier alpha value is -0.820. The van der Waals surface area contributed by atoms with Crippen molar-refractivity contribution in [3.8, 4) is 0 Å². The second-order valence-corrected chi connectivity index (χ2v) is 5.14. The summed E-state index contributed by atoms with van der Waals surface area (Å²) in [6, 6.07) is 8.48. The van der Waals surface area contributed by atoms with Crippen molar-refractivity contribution < 1.29 is 0 Å². The lowest BCUT2D eigenvalue weighted by atomic mass is 10.00. The monoisotopic (exact) mass is 219 g/mol. The molecule has 0 bridgehead atoms. The Morgan fingerprint density at radius 3 is 1.62 bits per heavy atom. The van der Waals surface area contributed by atoms with Crippen LogP contribution in [0.1, 0.15) is 30.9 Å². The molecule has 1 saturated heterocycles. The molecule has 0 atom stereocenters.